The van der Waals surface area contributed by atoms with E-state index in [0.29, 0.717) is 18.8 Å². The number of rotatable bonds is 7. The lowest BCUT2D eigenvalue weighted by atomic mass is 9.82. The highest BCUT2D eigenvalue weighted by atomic mass is 16.6. The molecule has 0 heterocycles. The monoisotopic (exact) mass is 329 g/mol. The average molecular weight is 329 g/mol. The lowest BCUT2D eigenvalue weighted by Crippen LogP contribution is -2.40. The van der Waals surface area contributed by atoms with Gasteiger partial charge in [0, 0.05) is 25.4 Å². The molecule has 4 nitrogen and oxygen atoms in total. The minimum Gasteiger partial charge on any atom is -0.445 e. The van der Waals surface area contributed by atoms with Crippen molar-refractivity contribution in [1.82, 2.24) is 4.90 Å². The van der Waals surface area contributed by atoms with Gasteiger partial charge in [0.15, 0.2) is 0 Å². The first-order valence-electron chi connectivity index (χ1n) is 8.69. The summed E-state index contributed by atoms with van der Waals surface area (Å²) in [6.07, 6.45) is 6.29. The molecule has 1 amide bonds. The number of amides is 1. The van der Waals surface area contributed by atoms with E-state index in [0.717, 1.165) is 37.7 Å². The molecule has 0 radical (unpaired) electrons. The quantitative estimate of drug-likeness (QED) is 0.699. The van der Waals surface area contributed by atoms with Gasteiger partial charge in [-0.25, -0.2) is 4.79 Å². The number of ether oxygens (including phenoxy) is 1. The number of carbonyl (C=O) groups is 2. The van der Waals surface area contributed by atoms with Crippen LogP contribution in [0.2, 0.25) is 0 Å². The van der Waals surface area contributed by atoms with Gasteiger partial charge in [0.25, 0.3) is 0 Å². The molecule has 4 heteroatoms. The van der Waals surface area contributed by atoms with Gasteiger partial charge in [0.1, 0.15) is 12.4 Å². The first kappa shape index (κ1) is 18.2. The van der Waals surface area contributed by atoms with Crippen molar-refractivity contribution in [2.24, 2.45) is 5.92 Å². The number of Topliss-reactive ketones (excluding diaryl/α,β-unsaturated/α-hetero) is 1. The van der Waals surface area contributed by atoms with Crippen LogP contribution in [-0.2, 0) is 16.1 Å². The van der Waals surface area contributed by atoms with E-state index in [2.05, 4.69) is 6.58 Å². The summed E-state index contributed by atoms with van der Waals surface area (Å²) in [5.74, 6) is 0.484. The van der Waals surface area contributed by atoms with E-state index in [1.54, 1.807) is 18.0 Å². The van der Waals surface area contributed by atoms with Gasteiger partial charge >= 0.3 is 6.09 Å². The Morgan fingerprint density at radius 3 is 2.50 bits per heavy atom. The van der Waals surface area contributed by atoms with Crippen molar-refractivity contribution in [3.05, 3.63) is 48.6 Å². The van der Waals surface area contributed by atoms with Crippen molar-refractivity contribution in [3.63, 3.8) is 0 Å². The SMILES string of the molecule is C=CCCC(=O)C1CCC(N(C)C(=O)OCc2ccccc2)CC1. The van der Waals surface area contributed by atoms with Gasteiger partial charge in [-0.15, -0.1) is 6.58 Å². The summed E-state index contributed by atoms with van der Waals surface area (Å²) in [5.41, 5.74) is 0.982. The van der Waals surface area contributed by atoms with E-state index >= 15 is 0 Å². The molecule has 24 heavy (non-hydrogen) atoms. The molecular weight excluding hydrogens is 302 g/mol. The van der Waals surface area contributed by atoms with E-state index in [-0.39, 0.29) is 18.1 Å². The van der Waals surface area contributed by atoms with Crippen molar-refractivity contribution in [2.75, 3.05) is 7.05 Å². The largest absolute Gasteiger partial charge is 0.445 e. The number of ketones is 1. The molecule has 0 N–H and O–H groups in total. The van der Waals surface area contributed by atoms with E-state index in [9.17, 15) is 9.59 Å². The smallest absolute Gasteiger partial charge is 0.410 e. The molecule has 0 spiro atoms. The normalized spacial score (nSPS) is 20.2. The Morgan fingerprint density at radius 1 is 1.21 bits per heavy atom. The number of hydrogen-bond donors (Lipinski definition) is 0. The second-order valence-corrected chi connectivity index (χ2v) is 6.45. The van der Waals surface area contributed by atoms with Crippen molar-refractivity contribution < 1.29 is 14.3 Å². The summed E-state index contributed by atoms with van der Waals surface area (Å²) in [5, 5.41) is 0. The molecule has 2 rings (SSSR count). The molecular formula is C20H27NO3. The molecule has 1 fully saturated rings. The third kappa shape index (κ3) is 5.22. The maximum absolute atomic E-state index is 12.2. The summed E-state index contributed by atoms with van der Waals surface area (Å²) in [6.45, 7) is 3.95. The zero-order valence-electron chi connectivity index (χ0n) is 14.4. The van der Waals surface area contributed by atoms with Crippen LogP contribution in [0.3, 0.4) is 0 Å². The molecule has 1 saturated carbocycles. The highest BCUT2D eigenvalue weighted by molar-refractivity contribution is 5.81. The molecule has 0 saturated heterocycles. The minimum atomic E-state index is -0.291. The number of nitrogens with zero attached hydrogens (tertiary/aromatic N) is 1. The third-order valence-corrected chi connectivity index (χ3v) is 4.79. The van der Waals surface area contributed by atoms with Crippen LogP contribution in [0, 0.1) is 5.92 Å². The summed E-state index contributed by atoms with van der Waals surface area (Å²) in [7, 11) is 1.79. The van der Waals surface area contributed by atoms with Crippen LogP contribution in [0.4, 0.5) is 4.79 Å². The second kappa shape index (κ2) is 9.26. The van der Waals surface area contributed by atoms with E-state index < -0.39 is 0 Å². The molecule has 0 bridgehead atoms. The highest BCUT2D eigenvalue weighted by Crippen LogP contribution is 2.29. The summed E-state index contributed by atoms with van der Waals surface area (Å²) >= 11 is 0. The van der Waals surface area contributed by atoms with E-state index in [1.807, 2.05) is 30.3 Å². The zero-order valence-corrected chi connectivity index (χ0v) is 14.4. The summed E-state index contributed by atoms with van der Waals surface area (Å²) in [6, 6.07) is 9.83. The third-order valence-electron chi connectivity index (χ3n) is 4.79. The van der Waals surface area contributed by atoms with Crippen LogP contribution in [0.1, 0.15) is 44.1 Å². The van der Waals surface area contributed by atoms with Crippen molar-refractivity contribution in [3.8, 4) is 0 Å². The fourth-order valence-electron chi connectivity index (χ4n) is 3.20. The van der Waals surface area contributed by atoms with Gasteiger partial charge in [-0.1, -0.05) is 36.4 Å². The lowest BCUT2D eigenvalue weighted by Gasteiger charge is -2.33. The van der Waals surface area contributed by atoms with Crippen LogP contribution in [0.25, 0.3) is 0 Å². The summed E-state index contributed by atoms with van der Waals surface area (Å²) < 4.78 is 5.38. The van der Waals surface area contributed by atoms with Crippen LogP contribution in [0.5, 0.6) is 0 Å². The number of hydrogen-bond acceptors (Lipinski definition) is 3. The predicted octanol–water partition coefficient (Wildman–Crippen LogP) is 4.35. The van der Waals surface area contributed by atoms with Gasteiger partial charge in [0.2, 0.25) is 0 Å². The van der Waals surface area contributed by atoms with E-state index in [1.165, 1.54) is 0 Å². The number of carbonyl (C=O) groups excluding carboxylic acids is 2. The maximum atomic E-state index is 12.2. The molecule has 1 aromatic carbocycles. The van der Waals surface area contributed by atoms with E-state index in [4.69, 9.17) is 4.74 Å². The highest BCUT2D eigenvalue weighted by Gasteiger charge is 2.30. The Hall–Kier alpha value is -2.10. The Balaban J connectivity index is 1.75. The van der Waals surface area contributed by atoms with Gasteiger partial charge in [0.05, 0.1) is 0 Å². The zero-order chi connectivity index (χ0) is 17.4. The fourth-order valence-corrected chi connectivity index (χ4v) is 3.20. The van der Waals surface area contributed by atoms with Gasteiger partial charge in [-0.3, -0.25) is 4.79 Å². The standard InChI is InChI=1S/C20H27NO3/c1-3-4-10-19(22)17-11-13-18(14-12-17)21(2)20(23)24-15-16-8-6-5-7-9-16/h3,5-9,17-18H,1,4,10-15H2,2H3. The van der Waals surface area contributed by atoms with Crippen LogP contribution in [0.15, 0.2) is 43.0 Å². The van der Waals surface area contributed by atoms with Crippen molar-refractivity contribution >= 4 is 11.9 Å². The maximum Gasteiger partial charge on any atom is 0.410 e. The molecule has 0 aromatic heterocycles. The second-order valence-electron chi connectivity index (χ2n) is 6.45. The molecule has 0 unspecified atom stereocenters. The fraction of sp³-hybridized carbons (Fsp3) is 0.500. The average Bonchev–Trinajstić information content (AvgIpc) is 2.64. The molecule has 1 aromatic rings. The van der Waals surface area contributed by atoms with Gasteiger partial charge in [-0.05, 0) is 37.7 Å². The molecule has 130 valence electrons. The predicted molar refractivity (Wildman–Crippen MR) is 94.6 cm³/mol. The number of benzene rings is 1. The topological polar surface area (TPSA) is 46.6 Å². The minimum absolute atomic E-state index is 0.148. The van der Waals surface area contributed by atoms with Crippen LogP contribution in [-0.4, -0.2) is 29.9 Å². The van der Waals surface area contributed by atoms with Crippen LogP contribution >= 0.6 is 0 Å². The van der Waals surface area contributed by atoms with Crippen molar-refractivity contribution in [2.45, 2.75) is 51.2 Å². The lowest BCUT2D eigenvalue weighted by molar-refractivity contribution is -0.124. The Kier molecular flexibility index (Phi) is 7.04. The molecule has 0 aliphatic heterocycles. The Bertz CT molecular complexity index is 547. The summed E-state index contributed by atoms with van der Waals surface area (Å²) in [4.78, 5) is 26.0. The Labute approximate surface area is 144 Å². The van der Waals surface area contributed by atoms with Crippen molar-refractivity contribution in [1.29, 1.82) is 0 Å². The van der Waals surface area contributed by atoms with Gasteiger partial charge in [-0.2, -0.15) is 0 Å². The number of allylic oxidation sites excluding steroid dienone is 1. The first-order chi connectivity index (χ1) is 11.6. The van der Waals surface area contributed by atoms with Gasteiger partial charge < -0.3 is 9.64 Å². The molecule has 1 aliphatic rings. The molecule has 0 atom stereocenters. The first-order valence-corrected chi connectivity index (χ1v) is 8.69. The van der Waals surface area contributed by atoms with Crippen LogP contribution < -0.4 is 0 Å². The Morgan fingerprint density at radius 2 is 1.88 bits per heavy atom. The molecule has 1 aliphatic carbocycles.